The highest BCUT2D eigenvalue weighted by atomic mass is 32.2. The van der Waals surface area contributed by atoms with E-state index in [4.69, 9.17) is 0 Å². The second kappa shape index (κ2) is 4.18. The molecule has 0 aliphatic carbocycles. The van der Waals surface area contributed by atoms with Gasteiger partial charge in [-0.05, 0) is 38.3 Å². The van der Waals surface area contributed by atoms with E-state index >= 15 is 0 Å². The lowest BCUT2D eigenvalue weighted by molar-refractivity contribution is 0.408. The van der Waals surface area contributed by atoms with Crippen LogP contribution in [0.5, 0.6) is 0 Å². The molecule has 1 unspecified atom stereocenters. The van der Waals surface area contributed by atoms with Crippen LogP contribution in [0.15, 0.2) is 29.2 Å². The predicted octanol–water partition coefficient (Wildman–Crippen LogP) is 2.17. The van der Waals surface area contributed by atoms with Crippen molar-refractivity contribution < 1.29 is 8.42 Å². The Kier molecular flexibility index (Phi) is 3.04. The maximum atomic E-state index is 12.4. The molecule has 1 aromatic rings. The molecule has 3 nitrogen and oxygen atoms in total. The van der Waals surface area contributed by atoms with Gasteiger partial charge in [-0.1, -0.05) is 18.2 Å². The van der Waals surface area contributed by atoms with E-state index in [9.17, 15) is 8.42 Å². The van der Waals surface area contributed by atoms with Gasteiger partial charge >= 0.3 is 0 Å². The first-order valence-electron chi connectivity index (χ1n) is 5.61. The maximum absolute atomic E-state index is 12.4. The van der Waals surface area contributed by atoms with E-state index in [0.29, 0.717) is 11.4 Å². The maximum Gasteiger partial charge on any atom is 0.243 e. The number of aryl methyl sites for hydroxylation is 1. The van der Waals surface area contributed by atoms with Gasteiger partial charge in [0.25, 0.3) is 0 Å². The van der Waals surface area contributed by atoms with Gasteiger partial charge in [-0.2, -0.15) is 4.31 Å². The van der Waals surface area contributed by atoms with Gasteiger partial charge in [0, 0.05) is 12.6 Å². The number of benzene rings is 1. The zero-order valence-electron chi connectivity index (χ0n) is 9.68. The molecule has 0 spiro atoms. The lowest BCUT2D eigenvalue weighted by Gasteiger charge is -2.21. The third-order valence-corrected chi connectivity index (χ3v) is 5.35. The molecule has 1 fully saturated rings. The minimum absolute atomic E-state index is 0.129. The molecule has 1 saturated heterocycles. The normalized spacial score (nSPS) is 22.5. The van der Waals surface area contributed by atoms with Gasteiger partial charge < -0.3 is 0 Å². The van der Waals surface area contributed by atoms with E-state index in [-0.39, 0.29) is 6.04 Å². The summed E-state index contributed by atoms with van der Waals surface area (Å²) < 4.78 is 26.4. The van der Waals surface area contributed by atoms with E-state index in [1.807, 2.05) is 26.0 Å². The van der Waals surface area contributed by atoms with Crippen LogP contribution in [-0.2, 0) is 10.0 Å². The summed E-state index contributed by atoms with van der Waals surface area (Å²) in [5.74, 6) is 0. The summed E-state index contributed by atoms with van der Waals surface area (Å²) in [6, 6.07) is 7.30. The van der Waals surface area contributed by atoms with Crippen LogP contribution in [0.25, 0.3) is 0 Å². The Balaban J connectivity index is 2.43. The molecule has 88 valence electrons. The van der Waals surface area contributed by atoms with Crippen LogP contribution in [0, 0.1) is 6.92 Å². The van der Waals surface area contributed by atoms with Crippen molar-refractivity contribution in [2.75, 3.05) is 6.54 Å². The second-order valence-corrected chi connectivity index (χ2v) is 6.23. The summed E-state index contributed by atoms with van der Waals surface area (Å²) in [6.45, 7) is 4.47. The summed E-state index contributed by atoms with van der Waals surface area (Å²) in [4.78, 5) is 0.448. The average molecular weight is 239 g/mol. The summed E-state index contributed by atoms with van der Waals surface area (Å²) in [5.41, 5.74) is 0.821. The highest BCUT2D eigenvalue weighted by Crippen LogP contribution is 2.27. The summed E-state index contributed by atoms with van der Waals surface area (Å²) >= 11 is 0. The van der Waals surface area contributed by atoms with Gasteiger partial charge in [0.2, 0.25) is 10.0 Å². The lowest BCUT2D eigenvalue weighted by Crippen LogP contribution is -2.34. The van der Waals surface area contributed by atoms with Gasteiger partial charge in [-0.25, -0.2) is 8.42 Å². The second-order valence-electron chi connectivity index (χ2n) is 4.37. The van der Waals surface area contributed by atoms with Crippen molar-refractivity contribution in [3.05, 3.63) is 29.8 Å². The molecule has 0 aromatic heterocycles. The number of hydrogen-bond donors (Lipinski definition) is 0. The molecule has 2 rings (SSSR count). The molecule has 1 aromatic carbocycles. The molecule has 0 radical (unpaired) electrons. The van der Waals surface area contributed by atoms with Crippen molar-refractivity contribution in [2.24, 2.45) is 0 Å². The fourth-order valence-electron chi connectivity index (χ4n) is 2.24. The Hall–Kier alpha value is -0.870. The first kappa shape index (κ1) is 11.6. The van der Waals surface area contributed by atoms with Crippen LogP contribution < -0.4 is 0 Å². The van der Waals surface area contributed by atoms with Crippen LogP contribution >= 0.6 is 0 Å². The SMILES string of the molecule is Cc1ccccc1S(=O)(=O)N1CCCC1C. The Labute approximate surface area is 97.1 Å². The van der Waals surface area contributed by atoms with Gasteiger partial charge in [-0.15, -0.1) is 0 Å². The molecular weight excluding hydrogens is 222 g/mol. The van der Waals surface area contributed by atoms with E-state index < -0.39 is 10.0 Å². The largest absolute Gasteiger partial charge is 0.243 e. The van der Waals surface area contributed by atoms with Gasteiger partial charge in [0.15, 0.2) is 0 Å². The Morgan fingerprint density at radius 2 is 2.00 bits per heavy atom. The summed E-state index contributed by atoms with van der Waals surface area (Å²) in [6.07, 6.45) is 1.93. The Morgan fingerprint density at radius 3 is 2.56 bits per heavy atom. The van der Waals surface area contributed by atoms with Crippen molar-refractivity contribution >= 4 is 10.0 Å². The van der Waals surface area contributed by atoms with Crippen LogP contribution in [0.2, 0.25) is 0 Å². The van der Waals surface area contributed by atoms with E-state index in [1.165, 1.54) is 0 Å². The monoisotopic (exact) mass is 239 g/mol. The van der Waals surface area contributed by atoms with Gasteiger partial charge in [0.05, 0.1) is 4.90 Å². The molecule has 0 N–H and O–H groups in total. The smallest absolute Gasteiger partial charge is 0.207 e. The first-order chi connectivity index (χ1) is 7.53. The fourth-order valence-corrected chi connectivity index (χ4v) is 4.16. The zero-order valence-corrected chi connectivity index (χ0v) is 10.5. The molecule has 4 heteroatoms. The topological polar surface area (TPSA) is 37.4 Å². The number of hydrogen-bond acceptors (Lipinski definition) is 2. The van der Waals surface area contributed by atoms with Crippen LogP contribution in [0.4, 0.5) is 0 Å². The predicted molar refractivity (Wildman–Crippen MR) is 63.8 cm³/mol. The molecule has 1 heterocycles. The molecule has 1 aliphatic rings. The van der Waals surface area contributed by atoms with Crippen LogP contribution in [-0.4, -0.2) is 25.3 Å². The molecule has 1 aliphatic heterocycles. The minimum Gasteiger partial charge on any atom is -0.207 e. The van der Waals surface area contributed by atoms with E-state index in [1.54, 1.807) is 16.4 Å². The van der Waals surface area contributed by atoms with Crippen LogP contribution in [0.3, 0.4) is 0 Å². The average Bonchev–Trinajstić information content (AvgIpc) is 2.65. The highest BCUT2D eigenvalue weighted by molar-refractivity contribution is 7.89. The molecule has 1 atom stereocenters. The third-order valence-electron chi connectivity index (χ3n) is 3.17. The molecule has 0 saturated carbocycles. The van der Waals surface area contributed by atoms with Crippen molar-refractivity contribution in [1.82, 2.24) is 4.31 Å². The first-order valence-corrected chi connectivity index (χ1v) is 7.05. The Bertz CT molecular complexity index is 482. The summed E-state index contributed by atoms with van der Waals surface area (Å²) in [5, 5.41) is 0. The van der Waals surface area contributed by atoms with E-state index in [2.05, 4.69) is 0 Å². The fraction of sp³-hybridized carbons (Fsp3) is 0.500. The lowest BCUT2D eigenvalue weighted by atomic mass is 10.2. The molecular formula is C12H17NO2S. The minimum atomic E-state index is -3.29. The Morgan fingerprint density at radius 1 is 1.31 bits per heavy atom. The molecule has 16 heavy (non-hydrogen) atoms. The standard InChI is InChI=1S/C12H17NO2S/c1-10-6-3-4-8-12(10)16(14,15)13-9-5-7-11(13)2/h3-4,6,8,11H,5,7,9H2,1-2H3. The van der Waals surface area contributed by atoms with Crippen molar-refractivity contribution in [2.45, 2.75) is 37.6 Å². The van der Waals surface area contributed by atoms with E-state index in [0.717, 1.165) is 18.4 Å². The van der Waals surface area contributed by atoms with Gasteiger partial charge in [-0.3, -0.25) is 0 Å². The number of nitrogens with zero attached hydrogens (tertiary/aromatic N) is 1. The van der Waals surface area contributed by atoms with Crippen molar-refractivity contribution in [3.8, 4) is 0 Å². The molecule has 0 amide bonds. The number of rotatable bonds is 2. The van der Waals surface area contributed by atoms with Gasteiger partial charge in [0.1, 0.15) is 0 Å². The van der Waals surface area contributed by atoms with Crippen molar-refractivity contribution in [1.29, 1.82) is 0 Å². The summed E-state index contributed by atoms with van der Waals surface area (Å²) in [7, 11) is -3.29. The van der Waals surface area contributed by atoms with Crippen LogP contribution in [0.1, 0.15) is 25.3 Å². The zero-order chi connectivity index (χ0) is 11.8. The third kappa shape index (κ3) is 1.87. The number of sulfonamides is 1. The highest BCUT2D eigenvalue weighted by Gasteiger charge is 2.33. The molecule has 0 bridgehead atoms. The quantitative estimate of drug-likeness (QED) is 0.793. The van der Waals surface area contributed by atoms with Crippen molar-refractivity contribution in [3.63, 3.8) is 0 Å².